The Kier molecular flexibility index (Phi) is 6.83. The van der Waals surface area contributed by atoms with Crippen LogP contribution in [0.2, 0.25) is 0 Å². The molecule has 0 bridgehead atoms. The quantitative estimate of drug-likeness (QED) is 0.129. The predicted octanol–water partition coefficient (Wildman–Crippen LogP) is 8.65. The summed E-state index contributed by atoms with van der Waals surface area (Å²) in [4.78, 5) is 4.46. The van der Waals surface area contributed by atoms with Crippen molar-refractivity contribution in [2.75, 3.05) is 0 Å². The van der Waals surface area contributed by atoms with E-state index in [1.54, 1.807) is 0 Å². The zero-order valence-electron chi connectivity index (χ0n) is 27.9. The van der Waals surface area contributed by atoms with E-state index in [0.717, 1.165) is 22.3 Å². The van der Waals surface area contributed by atoms with Gasteiger partial charge in [-0.3, -0.25) is 4.98 Å². The first-order chi connectivity index (χ1) is 25.3. The first-order valence-electron chi connectivity index (χ1n) is 17.5. The lowest BCUT2D eigenvalue weighted by Crippen LogP contribution is -2.74. The van der Waals surface area contributed by atoms with Gasteiger partial charge < -0.3 is 9.13 Å². The molecule has 10 rings (SSSR count). The van der Waals surface area contributed by atoms with E-state index in [0.29, 0.717) is 0 Å². The maximum Gasteiger partial charge on any atom is 0.179 e. The summed E-state index contributed by atoms with van der Waals surface area (Å²) in [6.07, 6.45) is 3.87. The molecule has 0 atom stereocenters. The number of hydrogen-bond acceptors (Lipinski definition) is 1. The van der Waals surface area contributed by atoms with Crippen LogP contribution in [0.4, 0.5) is 0 Å². The zero-order valence-corrected chi connectivity index (χ0v) is 28.9. The number of pyridine rings is 1. The average molecular weight is 668 g/mol. The molecule has 0 spiro atoms. The summed E-state index contributed by atoms with van der Waals surface area (Å²) in [6.45, 7) is 0. The van der Waals surface area contributed by atoms with Crippen molar-refractivity contribution in [2.45, 2.75) is 0 Å². The van der Waals surface area contributed by atoms with Crippen molar-refractivity contribution in [1.29, 1.82) is 0 Å². The molecule has 0 amide bonds. The molecule has 0 unspecified atom stereocenters. The number of fused-ring (bicyclic) bond motifs is 6. The molecule has 0 N–H and O–H groups in total. The Bertz CT molecular complexity index is 2530. The number of benzene rings is 7. The lowest BCUT2D eigenvalue weighted by molar-refractivity contribution is 1.18. The topological polar surface area (TPSA) is 22.8 Å². The first-order valence-corrected chi connectivity index (χ1v) is 19.5. The van der Waals surface area contributed by atoms with Crippen LogP contribution >= 0.6 is 0 Å². The number of para-hydroxylation sites is 3. The van der Waals surface area contributed by atoms with Gasteiger partial charge in [0, 0.05) is 45.3 Å². The third-order valence-corrected chi connectivity index (χ3v) is 15.4. The normalized spacial score (nSPS) is 11.9. The Morgan fingerprint density at radius 2 is 0.667 bits per heavy atom. The fourth-order valence-corrected chi connectivity index (χ4v) is 13.1. The molecule has 0 saturated heterocycles. The van der Waals surface area contributed by atoms with Gasteiger partial charge in [0.2, 0.25) is 0 Å². The highest BCUT2D eigenvalue weighted by molar-refractivity contribution is 7.19. The Morgan fingerprint density at radius 3 is 1.12 bits per heavy atom. The van der Waals surface area contributed by atoms with Crippen LogP contribution < -0.4 is 20.7 Å². The maximum atomic E-state index is 4.46. The Hall–Kier alpha value is -6.49. The van der Waals surface area contributed by atoms with Gasteiger partial charge in [0.25, 0.3) is 0 Å². The molecule has 0 fully saturated rings. The molecule has 7 aromatic carbocycles. The SMILES string of the molecule is c1ccc([Si](c2ccccc2)(c2ccc(-n3c4ccccc4c4ccccc43)cc2)c2ccc(-n3c4ccccc4c4cnccc43)cc2)cc1. The van der Waals surface area contributed by atoms with Crippen molar-refractivity contribution in [1.82, 2.24) is 14.1 Å². The lowest BCUT2D eigenvalue weighted by Gasteiger charge is -2.34. The second-order valence-electron chi connectivity index (χ2n) is 13.2. The van der Waals surface area contributed by atoms with E-state index in [9.17, 15) is 0 Å². The highest BCUT2D eigenvalue weighted by Crippen LogP contribution is 2.33. The summed E-state index contributed by atoms with van der Waals surface area (Å²) >= 11 is 0. The standard InChI is InChI=1S/C47H33N3Si/c1-3-13-36(14-4-1)51(37-15-5-2-6-16-37,38-27-23-34(24-28-38)49-44-20-10-7-17-40(44)41-18-8-11-21-45(41)49)39-29-25-35(26-30-39)50-46-22-12-9-19-42(46)43-33-48-32-31-47(43)50/h1-33H. The van der Waals surface area contributed by atoms with E-state index >= 15 is 0 Å². The zero-order chi connectivity index (χ0) is 33.8. The molecule has 3 aromatic heterocycles. The van der Waals surface area contributed by atoms with E-state index < -0.39 is 8.07 Å². The fraction of sp³-hybridized carbons (Fsp3) is 0. The molecule has 51 heavy (non-hydrogen) atoms. The predicted molar refractivity (Wildman–Crippen MR) is 217 cm³/mol. The van der Waals surface area contributed by atoms with Gasteiger partial charge >= 0.3 is 0 Å². The van der Waals surface area contributed by atoms with Gasteiger partial charge in [-0.15, -0.1) is 0 Å². The Morgan fingerprint density at radius 1 is 0.314 bits per heavy atom. The van der Waals surface area contributed by atoms with Crippen molar-refractivity contribution >= 4 is 72.4 Å². The Labute approximate surface area is 297 Å². The van der Waals surface area contributed by atoms with Gasteiger partial charge in [-0.1, -0.05) is 140 Å². The number of nitrogens with zero attached hydrogens (tertiary/aromatic N) is 3. The Balaban J connectivity index is 1.19. The van der Waals surface area contributed by atoms with E-state index in [-0.39, 0.29) is 0 Å². The monoisotopic (exact) mass is 667 g/mol. The van der Waals surface area contributed by atoms with Crippen LogP contribution in [-0.2, 0) is 0 Å². The van der Waals surface area contributed by atoms with Gasteiger partial charge in [-0.05, 0) is 69.3 Å². The largest absolute Gasteiger partial charge is 0.309 e. The van der Waals surface area contributed by atoms with Crippen molar-refractivity contribution in [3.05, 3.63) is 200 Å². The smallest absolute Gasteiger partial charge is 0.179 e. The van der Waals surface area contributed by atoms with Crippen molar-refractivity contribution in [3.63, 3.8) is 0 Å². The highest BCUT2D eigenvalue weighted by atomic mass is 28.3. The van der Waals surface area contributed by atoms with Crippen LogP contribution in [0.25, 0.3) is 55.0 Å². The summed E-state index contributed by atoms with van der Waals surface area (Å²) in [5.74, 6) is 0. The van der Waals surface area contributed by atoms with Crippen molar-refractivity contribution in [3.8, 4) is 11.4 Å². The molecule has 3 heterocycles. The molecule has 3 nitrogen and oxygen atoms in total. The van der Waals surface area contributed by atoms with Crippen molar-refractivity contribution < 1.29 is 0 Å². The molecule has 10 aromatic rings. The first kappa shape index (κ1) is 29.4. The van der Waals surface area contributed by atoms with Crippen LogP contribution in [0.1, 0.15) is 0 Å². The van der Waals surface area contributed by atoms with Crippen LogP contribution in [0.5, 0.6) is 0 Å². The fourth-order valence-electron chi connectivity index (χ4n) is 8.39. The molecule has 4 heteroatoms. The van der Waals surface area contributed by atoms with Gasteiger partial charge in [0.05, 0.1) is 22.1 Å². The lowest BCUT2D eigenvalue weighted by atomic mass is 10.2. The summed E-state index contributed by atoms with van der Waals surface area (Å²) in [5.41, 5.74) is 7.09. The van der Waals surface area contributed by atoms with Crippen LogP contribution in [0.3, 0.4) is 0 Å². The number of rotatable bonds is 6. The van der Waals surface area contributed by atoms with E-state index in [4.69, 9.17) is 0 Å². The second-order valence-corrected chi connectivity index (χ2v) is 17.0. The van der Waals surface area contributed by atoms with Gasteiger partial charge in [0.15, 0.2) is 8.07 Å². The molecule has 0 radical (unpaired) electrons. The highest BCUT2D eigenvalue weighted by Gasteiger charge is 2.41. The molecule has 0 saturated carbocycles. The number of hydrogen-bond donors (Lipinski definition) is 0. The second kappa shape index (κ2) is 11.8. The summed E-state index contributed by atoms with van der Waals surface area (Å²) < 4.78 is 4.77. The summed E-state index contributed by atoms with van der Waals surface area (Å²) in [6, 6.07) is 69.3. The molecule has 0 aliphatic heterocycles. The number of aromatic nitrogens is 3. The van der Waals surface area contributed by atoms with Crippen LogP contribution in [0, 0.1) is 0 Å². The molecular weight excluding hydrogens is 635 g/mol. The minimum atomic E-state index is -2.76. The maximum absolute atomic E-state index is 4.46. The molecule has 0 aliphatic carbocycles. The van der Waals surface area contributed by atoms with Crippen molar-refractivity contribution in [2.24, 2.45) is 0 Å². The average Bonchev–Trinajstić information content (AvgIpc) is 3.73. The minimum Gasteiger partial charge on any atom is -0.309 e. The summed E-state index contributed by atoms with van der Waals surface area (Å²) in [5, 5.41) is 10.3. The molecule has 0 aliphatic rings. The molecule has 240 valence electrons. The van der Waals surface area contributed by atoms with E-state index in [1.165, 1.54) is 53.5 Å². The van der Waals surface area contributed by atoms with Crippen LogP contribution in [0.15, 0.2) is 200 Å². The third-order valence-electron chi connectivity index (χ3n) is 10.6. The molecular formula is C47H33N3Si. The van der Waals surface area contributed by atoms with E-state index in [2.05, 4.69) is 202 Å². The van der Waals surface area contributed by atoms with Gasteiger partial charge in [-0.2, -0.15) is 0 Å². The van der Waals surface area contributed by atoms with E-state index in [1.807, 2.05) is 12.4 Å². The van der Waals surface area contributed by atoms with Gasteiger partial charge in [-0.25, -0.2) is 0 Å². The van der Waals surface area contributed by atoms with Gasteiger partial charge in [0.1, 0.15) is 0 Å². The summed E-state index contributed by atoms with van der Waals surface area (Å²) in [7, 11) is -2.76. The third kappa shape index (κ3) is 4.47. The minimum absolute atomic E-state index is 1.14. The van der Waals surface area contributed by atoms with Crippen LogP contribution in [-0.4, -0.2) is 22.2 Å².